The number of nitrogens with two attached hydrogens (primary N) is 1. The molecule has 2 saturated heterocycles. The van der Waals surface area contributed by atoms with Gasteiger partial charge in [0.05, 0.1) is 6.10 Å². The second-order valence-electron chi connectivity index (χ2n) is 5.01. The molecule has 3 atom stereocenters. The lowest BCUT2D eigenvalue weighted by atomic mass is 10.1. The van der Waals surface area contributed by atoms with Gasteiger partial charge < -0.3 is 25.7 Å². The van der Waals surface area contributed by atoms with Gasteiger partial charge in [-0.3, -0.25) is 0 Å². The number of rotatable bonds is 2. The number of likely N-dealkylation sites (tertiary alicyclic amines) is 2. The second-order valence-corrected chi connectivity index (χ2v) is 5.01. The van der Waals surface area contributed by atoms with Crippen molar-refractivity contribution in [2.24, 2.45) is 11.7 Å². The number of β-amino-alcohol motifs (C(OH)–C–C–N with tert-alkyl or cyclic N) is 1. The number of carboxylic acid groups (broad SMARTS) is 1. The predicted octanol–water partition coefficient (Wildman–Crippen LogP) is -1.09. The van der Waals surface area contributed by atoms with Crippen molar-refractivity contribution in [3.8, 4) is 0 Å². The Hall–Kier alpha value is -1.34. The van der Waals surface area contributed by atoms with E-state index in [1.54, 1.807) is 4.90 Å². The Bertz CT molecular complexity index is 349. The van der Waals surface area contributed by atoms with Crippen molar-refractivity contribution < 1.29 is 19.8 Å². The SMILES string of the molecule is NCC1CCN(C(=O)N2C[C@H](O)C[C@H]2C(=O)O)C1. The monoisotopic (exact) mass is 257 g/mol. The predicted molar refractivity (Wildman–Crippen MR) is 62.9 cm³/mol. The molecule has 7 heteroatoms. The molecule has 0 aromatic carbocycles. The Labute approximate surface area is 105 Å². The highest BCUT2D eigenvalue weighted by molar-refractivity contribution is 5.83. The zero-order valence-corrected chi connectivity index (χ0v) is 10.2. The van der Waals surface area contributed by atoms with Gasteiger partial charge in [-0.15, -0.1) is 0 Å². The molecule has 0 saturated carbocycles. The standard InChI is InChI=1S/C11H19N3O4/c12-4-7-1-2-13(5-7)11(18)14-6-8(15)3-9(14)10(16)17/h7-9,15H,1-6,12H2,(H,16,17)/t7?,8-,9+/m1/s1. The second kappa shape index (κ2) is 5.11. The first-order chi connectivity index (χ1) is 8.52. The highest BCUT2D eigenvalue weighted by atomic mass is 16.4. The van der Waals surface area contributed by atoms with Gasteiger partial charge in [0, 0.05) is 26.1 Å². The Morgan fingerprint density at radius 2 is 2.06 bits per heavy atom. The number of aliphatic hydroxyl groups is 1. The first-order valence-corrected chi connectivity index (χ1v) is 6.19. The Morgan fingerprint density at radius 3 is 2.61 bits per heavy atom. The fraction of sp³-hybridized carbons (Fsp3) is 0.818. The van der Waals surface area contributed by atoms with E-state index < -0.39 is 18.1 Å². The summed E-state index contributed by atoms with van der Waals surface area (Å²) in [5.41, 5.74) is 5.56. The first-order valence-electron chi connectivity index (χ1n) is 6.19. The summed E-state index contributed by atoms with van der Waals surface area (Å²) in [6.45, 7) is 1.82. The topological polar surface area (TPSA) is 107 Å². The van der Waals surface area contributed by atoms with Crippen molar-refractivity contribution in [1.29, 1.82) is 0 Å². The summed E-state index contributed by atoms with van der Waals surface area (Å²) < 4.78 is 0. The quantitative estimate of drug-likeness (QED) is 0.582. The van der Waals surface area contributed by atoms with E-state index in [4.69, 9.17) is 10.8 Å². The van der Waals surface area contributed by atoms with Crippen LogP contribution >= 0.6 is 0 Å². The van der Waals surface area contributed by atoms with Crippen LogP contribution in [-0.2, 0) is 4.79 Å². The molecule has 0 spiro atoms. The van der Waals surface area contributed by atoms with E-state index in [1.165, 1.54) is 4.90 Å². The molecule has 7 nitrogen and oxygen atoms in total. The highest BCUT2D eigenvalue weighted by Gasteiger charge is 2.41. The van der Waals surface area contributed by atoms with E-state index in [2.05, 4.69) is 0 Å². The fourth-order valence-electron chi connectivity index (χ4n) is 2.64. The smallest absolute Gasteiger partial charge is 0.326 e. The number of nitrogens with zero attached hydrogens (tertiary/aromatic N) is 2. The molecule has 2 heterocycles. The Kier molecular flexibility index (Phi) is 3.72. The average Bonchev–Trinajstić information content (AvgIpc) is 2.94. The lowest BCUT2D eigenvalue weighted by molar-refractivity contribution is -0.141. The number of urea groups is 1. The molecule has 2 fully saturated rings. The van der Waals surface area contributed by atoms with Gasteiger partial charge in [-0.1, -0.05) is 0 Å². The van der Waals surface area contributed by atoms with Gasteiger partial charge in [-0.05, 0) is 18.9 Å². The molecular weight excluding hydrogens is 238 g/mol. The Morgan fingerprint density at radius 1 is 1.33 bits per heavy atom. The van der Waals surface area contributed by atoms with Crippen molar-refractivity contribution in [3.63, 3.8) is 0 Å². The molecule has 0 aliphatic carbocycles. The number of aliphatic carboxylic acids is 1. The van der Waals surface area contributed by atoms with E-state index in [-0.39, 0.29) is 19.0 Å². The third-order valence-corrected chi connectivity index (χ3v) is 3.70. The summed E-state index contributed by atoms with van der Waals surface area (Å²) in [5.74, 6) is -0.765. The lowest BCUT2D eigenvalue weighted by Gasteiger charge is -2.27. The van der Waals surface area contributed by atoms with Crippen LogP contribution in [0.4, 0.5) is 4.79 Å². The average molecular weight is 257 g/mol. The van der Waals surface area contributed by atoms with Crippen LogP contribution in [0.15, 0.2) is 0 Å². The minimum Gasteiger partial charge on any atom is -0.480 e. The zero-order chi connectivity index (χ0) is 13.3. The molecule has 0 radical (unpaired) electrons. The third kappa shape index (κ3) is 2.41. The number of amides is 2. The molecule has 4 N–H and O–H groups in total. The summed E-state index contributed by atoms with van der Waals surface area (Å²) in [6, 6.07) is -1.21. The van der Waals surface area contributed by atoms with E-state index in [1.807, 2.05) is 0 Å². The maximum atomic E-state index is 12.2. The van der Waals surface area contributed by atoms with Gasteiger partial charge in [0.1, 0.15) is 6.04 Å². The van der Waals surface area contributed by atoms with Gasteiger partial charge in [0.2, 0.25) is 0 Å². The lowest BCUT2D eigenvalue weighted by Crippen LogP contribution is -2.47. The van der Waals surface area contributed by atoms with Gasteiger partial charge in [-0.2, -0.15) is 0 Å². The Balaban J connectivity index is 2.02. The number of hydrogen-bond acceptors (Lipinski definition) is 4. The summed E-state index contributed by atoms with van der Waals surface area (Å²) in [7, 11) is 0. The molecule has 2 aliphatic heterocycles. The summed E-state index contributed by atoms with van der Waals surface area (Å²) >= 11 is 0. The highest BCUT2D eigenvalue weighted by Crippen LogP contribution is 2.23. The van der Waals surface area contributed by atoms with Crippen LogP contribution in [0.5, 0.6) is 0 Å². The van der Waals surface area contributed by atoms with Crippen LogP contribution < -0.4 is 5.73 Å². The van der Waals surface area contributed by atoms with Crippen molar-refractivity contribution in [2.75, 3.05) is 26.2 Å². The first kappa shape index (κ1) is 13.1. The van der Waals surface area contributed by atoms with Crippen LogP contribution in [-0.4, -0.2) is 70.3 Å². The van der Waals surface area contributed by atoms with Gasteiger partial charge in [-0.25, -0.2) is 9.59 Å². The van der Waals surface area contributed by atoms with Crippen molar-refractivity contribution >= 4 is 12.0 Å². The van der Waals surface area contributed by atoms with E-state index >= 15 is 0 Å². The summed E-state index contributed by atoms with van der Waals surface area (Å²) in [4.78, 5) is 26.1. The van der Waals surface area contributed by atoms with E-state index in [0.29, 0.717) is 25.6 Å². The molecule has 1 unspecified atom stereocenters. The van der Waals surface area contributed by atoms with Crippen molar-refractivity contribution in [1.82, 2.24) is 9.80 Å². The molecule has 2 aliphatic rings. The summed E-state index contributed by atoms with van der Waals surface area (Å²) in [6.07, 6.45) is 0.217. The van der Waals surface area contributed by atoms with Crippen LogP contribution in [0, 0.1) is 5.92 Å². The maximum Gasteiger partial charge on any atom is 0.326 e. The minimum absolute atomic E-state index is 0.0968. The molecule has 0 aromatic rings. The van der Waals surface area contributed by atoms with Gasteiger partial charge in [0.15, 0.2) is 0 Å². The maximum absolute atomic E-state index is 12.2. The molecule has 0 bridgehead atoms. The van der Waals surface area contributed by atoms with Crippen LogP contribution in [0.2, 0.25) is 0 Å². The molecule has 18 heavy (non-hydrogen) atoms. The fourth-order valence-corrected chi connectivity index (χ4v) is 2.64. The largest absolute Gasteiger partial charge is 0.480 e. The van der Waals surface area contributed by atoms with Crippen LogP contribution in [0.1, 0.15) is 12.8 Å². The molecule has 102 valence electrons. The van der Waals surface area contributed by atoms with Gasteiger partial charge >= 0.3 is 12.0 Å². The zero-order valence-electron chi connectivity index (χ0n) is 10.2. The number of carbonyl (C=O) groups excluding carboxylic acids is 1. The normalized spacial score (nSPS) is 32.0. The number of aliphatic hydroxyl groups excluding tert-OH is 1. The summed E-state index contributed by atoms with van der Waals surface area (Å²) in [5, 5.41) is 18.6. The number of hydrogen-bond donors (Lipinski definition) is 3. The van der Waals surface area contributed by atoms with E-state index in [9.17, 15) is 14.7 Å². The molecule has 2 rings (SSSR count). The van der Waals surface area contributed by atoms with Crippen LogP contribution in [0.3, 0.4) is 0 Å². The minimum atomic E-state index is -1.06. The van der Waals surface area contributed by atoms with E-state index in [0.717, 1.165) is 6.42 Å². The molecule has 2 amide bonds. The van der Waals surface area contributed by atoms with Crippen LogP contribution in [0.25, 0.3) is 0 Å². The molecular formula is C11H19N3O4. The number of carboxylic acids is 1. The number of carbonyl (C=O) groups is 2. The third-order valence-electron chi connectivity index (χ3n) is 3.70. The van der Waals surface area contributed by atoms with Gasteiger partial charge in [0.25, 0.3) is 0 Å². The van der Waals surface area contributed by atoms with Crippen molar-refractivity contribution in [3.05, 3.63) is 0 Å². The van der Waals surface area contributed by atoms with Crippen molar-refractivity contribution in [2.45, 2.75) is 25.0 Å². The molecule has 0 aromatic heterocycles.